The van der Waals surface area contributed by atoms with Crippen LogP contribution in [0, 0.1) is 11.8 Å². The molecule has 0 aliphatic heterocycles. The fraction of sp³-hybridized carbons (Fsp3) is 0.684. The lowest BCUT2D eigenvalue weighted by Crippen LogP contribution is -2.29. The molecule has 2 nitrogen and oxygen atoms in total. The predicted molar refractivity (Wildman–Crippen MR) is 94.2 cm³/mol. The van der Waals surface area contributed by atoms with E-state index in [1.54, 1.807) is 0 Å². The maximum atomic E-state index is 9.11. The second-order valence-corrected chi connectivity index (χ2v) is 7.04. The van der Waals surface area contributed by atoms with Gasteiger partial charge in [-0.05, 0) is 35.7 Å². The van der Waals surface area contributed by atoms with Gasteiger partial charge in [0.15, 0.2) is 0 Å². The van der Waals surface area contributed by atoms with Gasteiger partial charge in [0.2, 0.25) is 0 Å². The van der Waals surface area contributed by atoms with Crippen LogP contribution in [0.1, 0.15) is 70.3 Å². The Morgan fingerprint density at radius 2 is 1.50 bits per heavy atom. The molecule has 0 saturated heterocycles. The first kappa shape index (κ1) is 17.6. The third-order valence-electron chi connectivity index (χ3n) is 5.30. The van der Waals surface area contributed by atoms with E-state index >= 15 is 0 Å². The molecular formula is C19H31BO2. The molecule has 1 fully saturated rings. The summed E-state index contributed by atoms with van der Waals surface area (Å²) < 4.78 is 0. The Bertz CT molecular complexity index is 408. The number of aryl methyl sites for hydroxylation is 1. The fourth-order valence-electron chi connectivity index (χ4n) is 3.72. The highest BCUT2D eigenvalue weighted by Gasteiger charge is 2.20. The van der Waals surface area contributed by atoms with Crippen LogP contribution in [0.5, 0.6) is 0 Å². The molecule has 2 N–H and O–H groups in total. The third kappa shape index (κ3) is 5.77. The number of unbranched alkanes of at least 4 members (excludes halogenated alkanes) is 2. The summed E-state index contributed by atoms with van der Waals surface area (Å²) in [5.74, 6) is 1.89. The third-order valence-corrected chi connectivity index (χ3v) is 5.30. The highest BCUT2D eigenvalue weighted by atomic mass is 16.4. The molecule has 0 radical (unpaired) electrons. The van der Waals surface area contributed by atoms with Crippen molar-refractivity contribution in [2.45, 2.75) is 71.1 Å². The van der Waals surface area contributed by atoms with E-state index in [1.165, 1.54) is 63.4 Å². The minimum Gasteiger partial charge on any atom is -0.423 e. The van der Waals surface area contributed by atoms with E-state index in [0.29, 0.717) is 5.46 Å². The van der Waals surface area contributed by atoms with Crippen LogP contribution in [0.4, 0.5) is 0 Å². The highest BCUT2D eigenvalue weighted by molar-refractivity contribution is 6.58. The summed E-state index contributed by atoms with van der Waals surface area (Å²) in [5.41, 5.74) is 1.89. The van der Waals surface area contributed by atoms with Gasteiger partial charge < -0.3 is 10.0 Å². The monoisotopic (exact) mass is 302 g/mol. The van der Waals surface area contributed by atoms with Crippen molar-refractivity contribution in [1.29, 1.82) is 0 Å². The second-order valence-electron chi connectivity index (χ2n) is 7.04. The Morgan fingerprint density at radius 1 is 0.909 bits per heavy atom. The van der Waals surface area contributed by atoms with Gasteiger partial charge in [-0.3, -0.25) is 0 Å². The molecule has 0 unspecified atom stereocenters. The zero-order valence-corrected chi connectivity index (χ0v) is 14.0. The molecule has 0 aromatic heterocycles. The van der Waals surface area contributed by atoms with Gasteiger partial charge in [0, 0.05) is 0 Å². The molecule has 0 heterocycles. The molecule has 1 aromatic rings. The molecule has 1 saturated carbocycles. The number of rotatable bonds is 8. The minimum absolute atomic E-state index is 0.580. The van der Waals surface area contributed by atoms with E-state index in [-0.39, 0.29) is 0 Å². The number of hydrogen-bond acceptors (Lipinski definition) is 2. The molecule has 2 rings (SSSR count). The fourth-order valence-corrected chi connectivity index (χ4v) is 3.72. The lowest BCUT2D eigenvalue weighted by atomic mass is 9.77. The summed E-state index contributed by atoms with van der Waals surface area (Å²) in [5, 5.41) is 18.2. The molecule has 3 heteroatoms. The molecule has 122 valence electrons. The molecule has 1 aliphatic carbocycles. The summed E-state index contributed by atoms with van der Waals surface area (Å²) in [4.78, 5) is 0. The van der Waals surface area contributed by atoms with E-state index < -0.39 is 7.12 Å². The number of hydrogen-bond donors (Lipinski definition) is 2. The highest BCUT2D eigenvalue weighted by Crippen LogP contribution is 2.34. The maximum Gasteiger partial charge on any atom is 0.488 e. The quantitative estimate of drug-likeness (QED) is 0.568. The molecule has 0 atom stereocenters. The van der Waals surface area contributed by atoms with Gasteiger partial charge >= 0.3 is 7.12 Å². The Balaban J connectivity index is 1.66. The molecule has 0 amide bonds. The van der Waals surface area contributed by atoms with E-state index in [4.69, 9.17) is 10.0 Å². The van der Waals surface area contributed by atoms with Crippen LogP contribution in [-0.2, 0) is 6.42 Å². The van der Waals surface area contributed by atoms with Crippen LogP contribution in [-0.4, -0.2) is 17.2 Å². The SMILES string of the molecule is CCCCC[C@H]1CC[C@H](CCc2ccc(B(O)O)cc2)CC1. The van der Waals surface area contributed by atoms with E-state index in [1.807, 2.05) is 24.3 Å². The van der Waals surface area contributed by atoms with Crippen molar-refractivity contribution in [2.75, 3.05) is 0 Å². The van der Waals surface area contributed by atoms with Gasteiger partial charge in [0.1, 0.15) is 0 Å². The Labute approximate surface area is 136 Å². The standard InChI is InChI=1S/C19H31BO2/c1-2-3-4-5-16-6-8-17(9-7-16)10-11-18-12-14-19(15-13-18)20(21)22/h12-17,21-22H,2-11H2,1H3/t16-,17-. The first-order valence-corrected chi connectivity index (χ1v) is 9.14. The van der Waals surface area contributed by atoms with Gasteiger partial charge in [0.05, 0.1) is 0 Å². The Morgan fingerprint density at radius 3 is 2.05 bits per heavy atom. The van der Waals surface area contributed by atoms with Gasteiger partial charge in [0.25, 0.3) is 0 Å². The van der Waals surface area contributed by atoms with Crippen LogP contribution in [0.15, 0.2) is 24.3 Å². The summed E-state index contributed by atoms with van der Waals surface area (Å²) in [6, 6.07) is 7.71. The van der Waals surface area contributed by atoms with Crippen molar-refractivity contribution in [3.05, 3.63) is 29.8 Å². The molecule has 0 spiro atoms. The summed E-state index contributed by atoms with van der Waals surface area (Å²) in [6.45, 7) is 2.28. The first-order chi connectivity index (χ1) is 10.7. The average molecular weight is 302 g/mol. The zero-order valence-electron chi connectivity index (χ0n) is 14.0. The van der Waals surface area contributed by atoms with Crippen molar-refractivity contribution in [2.24, 2.45) is 11.8 Å². The second kappa shape index (κ2) is 9.37. The average Bonchev–Trinajstić information content (AvgIpc) is 2.55. The van der Waals surface area contributed by atoms with Crippen LogP contribution in [0.3, 0.4) is 0 Å². The van der Waals surface area contributed by atoms with Gasteiger partial charge in [-0.1, -0.05) is 82.6 Å². The van der Waals surface area contributed by atoms with Crippen molar-refractivity contribution in [1.82, 2.24) is 0 Å². The lowest BCUT2D eigenvalue weighted by molar-refractivity contribution is 0.249. The maximum absolute atomic E-state index is 9.11. The van der Waals surface area contributed by atoms with Crippen molar-refractivity contribution >= 4 is 12.6 Å². The predicted octanol–water partition coefficient (Wildman–Crippen LogP) is 3.69. The van der Waals surface area contributed by atoms with Crippen molar-refractivity contribution < 1.29 is 10.0 Å². The summed E-state index contributed by atoms with van der Waals surface area (Å²) in [6.07, 6.45) is 13.7. The van der Waals surface area contributed by atoms with Crippen LogP contribution in [0.2, 0.25) is 0 Å². The molecule has 22 heavy (non-hydrogen) atoms. The summed E-state index contributed by atoms with van der Waals surface area (Å²) in [7, 11) is -1.35. The Hall–Kier alpha value is -0.795. The first-order valence-electron chi connectivity index (χ1n) is 9.14. The minimum atomic E-state index is -1.35. The molecule has 1 aromatic carbocycles. The smallest absolute Gasteiger partial charge is 0.423 e. The van der Waals surface area contributed by atoms with Gasteiger partial charge in [-0.25, -0.2) is 0 Å². The van der Waals surface area contributed by atoms with Crippen molar-refractivity contribution in [3.8, 4) is 0 Å². The van der Waals surface area contributed by atoms with Gasteiger partial charge in [-0.15, -0.1) is 0 Å². The van der Waals surface area contributed by atoms with Crippen LogP contribution < -0.4 is 5.46 Å². The van der Waals surface area contributed by atoms with E-state index in [2.05, 4.69) is 6.92 Å². The van der Waals surface area contributed by atoms with Crippen LogP contribution in [0.25, 0.3) is 0 Å². The lowest BCUT2D eigenvalue weighted by Gasteiger charge is -2.28. The van der Waals surface area contributed by atoms with Crippen molar-refractivity contribution in [3.63, 3.8) is 0 Å². The van der Waals surface area contributed by atoms with Gasteiger partial charge in [-0.2, -0.15) is 0 Å². The molecule has 1 aliphatic rings. The Kier molecular flexibility index (Phi) is 7.48. The topological polar surface area (TPSA) is 40.5 Å². The van der Waals surface area contributed by atoms with Crippen LogP contribution >= 0.6 is 0 Å². The normalized spacial score (nSPS) is 21.8. The zero-order chi connectivity index (χ0) is 15.8. The molecule has 0 bridgehead atoms. The van der Waals surface area contributed by atoms with E-state index in [9.17, 15) is 0 Å². The summed E-state index contributed by atoms with van der Waals surface area (Å²) >= 11 is 0. The molecular weight excluding hydrogens is 271 g/mol. The number of benzene rings is 1. The largest absolute Gasteiger partial charge is 0.488 e. The van der Waals surface area contributed by atoms with E-state index in [0.717, 1.165) is 18.3 Å².